The number of carbonyl (C=O) groups excluding carboxylic acids is 1. The number of ether oxygens (including phenoxy) is 1. The fourth-order valence-electron chi connectivity index (χ4n) is 2.88. The van der Waals surface area contributed by atoms with Crippen molar-refractivity contribution < 1.29 is 14.6 Å². The summed E-state index contributed by atoms with van der Waals surface area (Å²) >= 11 is 0. The second kappa shape index (κ2) is 7.35. The number of hydrogen-bond acceptors (Lipinski definition) is 6. The van der Waals surface area contributed by atoms with Gasteiger partial charge in [0.15, 0.2) is 0 Å². The third-order valence-electron chi connectivity index (χ3n) is 4.19. The van der Waals surface area contributed by atoms with Crippen molar-refractivity contribution in [2.45, 2.75) is 44.4 Å². The lowest BCUT2D eigenvalue weighted by molar-refractivity contribution is -0.0142. The third kappa shape index (κ3) is 3.68. The summed E-state index contributed by atoms with van der Waals surface area (Å²) in [6.07, 6.45) is 7.29. The zero-order chi connectivity index (χ0) is 16.9. The van der Waals surface area contributed by atoms with E-state index in [0.717, 1.165) is 12.8 Å². The number of hydrogen-bond donors (Lipinski definition) is 2. The monoisotopic (exact) mass is 328 g/mol. The van der Waals surface area contributed by atoms with Crippen LogP contribution >= 0.6 is 0 Å². The molecule has 3 atom stereocenters. The first-order valence-electron chi connectivity index (χ1n) is 7.97. The second-order valence-corrected chi connectivity index (χ2v) is 5.87. The molecule has 24 heavy (non-hydrogen) atoms. The van der Waals surface area contributed by atoms with E-state index in [1.807, 2.05) is 0 Å². The summed E-state index contributed by atoms with van der Waals surface area (Å²) < 4.78 is 5.82. The van der Waals surface area contributed by atoms with Gasteiger partial charge in [-0.15, -0.1) is 0 Å². The number of pyridine rings is 1. The van der Waals surface area contributed by atoms with E-state index in [-0.39, 0.29) is 18.1 Å². The molecule has 3 rings (SSSR count). The number of aliphatic hydroxyl groups excluding tert-OH is 1. The molecule has 1 aliphatic rings. The number of aromatic nitrogens is 3. The maximum Gasteiger partial charge on any atom is 0.255 e. The minimum atomic E-state index is -0.784. The van der Waals surface area contributed by atoms with E-state index < -0.39 is 6.10 Å². The van der Waals surface area contributed by atoms with Gasteiger partial charge in [0.25, 0.3) is 5.91 Å². The Labute approximate surface area is 140 Å². The van der Waals surface area contributed by atoms with Crippen LogP contribution in [0.5, 0.6) is 5.75 Å². The van der Waals surface area contributed by atoms with Gasteiger partial charge in [0, 0.05) is 12.4 Å². The first-order chi connectivity index (χ1) is 11.6. The van der Waals surface area contributed by atoms with Gasteiger partial charge in [0.05, 0.1) is 23.5 Å². The van der Waals surface area contributed by atoms with Crippen LogP contribution in [0.4, 0.5) is 0 Å². The summed E-state index contributed by atoms with van der Waals surface area (Å²) in [6.45, 7) is 1.75. The topological polar surface area (TPSA) is 97.2 Å². The van der Waals surface area contributed by atoms with Gasteiger partial charge in [0.1, 0.15) is 24.3 Å². The van der Waals surface area contributed by atoms with Gasteiger partial charge >= 0.3 is 0 Å². The van der Waals surface area contributed by atoms with Crippen molar-refractivity contribution in [2.24, 2.45) is 0 Å². The molecule has 7 nitrogen and oxygen atoms in total. The molecule has 1 aliphatic carbocycles. The fraction of sp³-hybridized carbons (Fsp3) is 0.412. The summed E-state index contributed by atoms with van der Waals surface area (Å²) in [5, 5.41) is 13.4. The molecule has 0 aliphatic heterocycles. The highest BCUT2D eigenvalue weighted by atomic mass is 16.5. The zero-order valence-corrected chi connectivity index (χ0v) is 13.4. The normalized spacial score (nSPS) is 23.5. The molecule has 0 saturated heterocycles. The Morgan fingerprint density at radius 3 is 2.96 bits per heavy atom. The quantitative estimate of drug-likeness (QED) is 0.877. The molecule has 7 heteroatoms. The molecular weight excluding hydrogens is 308 g/mol. The smallest absolute Gasteiger partial charge is 0.255 e. The first kappa shape index (κ1) is 16.3. The summed E-state index contributed by atoms with van der Waals surface area (Å²) in [7, 11) is 0. The summed E-state index contributed by atoms with van der Waals surface area (Å²) in [6, 6.07) is 3.21. The van der Waals surface area contributed by atoms with Crippen LogP contribution < -0.4 is 10.1 Å². The highest BCUT2D eigenvalue weighted by Crippen LogP contribution is 2.24. The van der Waals surface area contributed by atoms with Gasteiger partial charge in [-0.2, -0.15) is 0 Å². The molecule has 2 N–H and O–H groups in total. The Balaban J connectivity index is 1.65. The van der Waals surface area contributed by atoms with Crippen molar-refractivity contribution in [3.63, 3.8) is 0 Å². The maximum absolute atomic E-state index is 12.4. The summed E-state index contributed by atoms with van der Waals surface area (Å²) in [4.78, 5) is 24.3. The molecule has 0 bridgehead atoms. The maximum atomic E-state index is 12.4. The Bertz CT molecular complexity index is 695. The Morgan fingerprint density at radius 2 is 2.21 bits per heavy atom. The minimum Gasteiger partial charge on any atom is -0.486 e. The van der Waals surface area contributed by atoms with Gasteiger partial charge < -0.3 is 15.2 Å². The zero-order valence-electron chi connectivity index (χ0n) is 13.4. The molecule has 1 saturated carbocycles. The van der Waals surface area contributed by atoms with E-state index in [0.29, 0.717) is 23.4 Å². The van der Waals surface area contributed by atoms with Gasteiger partial charge in [-0.1, -0.05) is 0 Å². The molecule has 0 unspecified atom stereocenters. The van der Waals surface area contributed by atoms with Crippen molar-refractivity contribution in [1.82, 2.24) is 20.3 Å². The Hall–Kier alpha value is -2.54. The van der Waals surface area contributed by atoms with Crippen LogP contribution in [0.15, 0.2) is 37.1 Å². The van der Waals surface area contributed by atoms with E-state index in [1.54, 1.807) is 31.5 Å². The molecule has 0 radical (unpaired) electrons. The highest BCUT2D eigenvalue weighted by Gasteiger charge is 2.34. The molecule has 2 aromatic heterocycles. The Kier molecular flexibility index (Phi) is 5.00. The van der Waals surface area contributed by atoms with Gasteiger partial charge in [0.2, 0.25) is 0 Å². The first-order valence-corrected chi connectivity index (χ1v) is 7.97. The van der Waals surface area contributed by atoms with E-state index >= 15 is 0 Å². The number of carbonyl (C=O) groups is 1. The SMILES string of the molecule is Cc1ncncc1C(=O)N[C@@H]1CCC[C@@H](Oc2cccnc2)[C@@H]1O. The van der Waals surface area contributed by atoms with Crippen molar-refractivity contribution >= 4 is 5.91 Å². The number of nitrogens with zero attached hydrogens (tertiary/aromatic N) is 3. The van der Waals surface area contributed by atoms with Crippen molar-refractivity contribution in [3.05, 3.63) is 48.3 Å². The lowest BCUT2D eigenvalue weighted by atomic mass is 9.89. The number of aryl methyl sites for hydroxylation is 1. The van der Waals surface area contributed by atoms with Crippen molar-refractivity contribution in [3.8, 4) is 5.75 Å². The second-order valence-electron chi connectivity index (χ2n) is 5.87. The van der Waals surface area contributed by atoms with Crippen molar-refractivity contribution in [2.75, 3.05) is 0 Å². The molecule has 0 spiro atoms. The van der Waals surface area contributed by atoms with Crippen LogP contribution in [-0.4, -0.2) is 44.2 Å². The molecule has 126 valence electrons. The summed E-state index contributed by atoms with van der Waals surface area (Å²) in [5.41, 5.74) is 1.02. The largest absolute Gasteiger partial charge is 0.486 e. The Morgan fingerprint density at radius 1 is 1.33 bits per heavy atom. The number of nitrogens with one attached hydrogen (secondary N) is 1. The van der Waals surface area contributed by atoms with Crippen LogP contribution in [0.25, 0.3) is 0 Å². The van der Waals surface area contributed by atoms with Crippen molar-refractivity contribution in [1.29, 1.82) is 0 Å². The predicted octanol–water partition coefficient (Wildman–Crippen LogP) is 1.27. The standard InChI is InChI=1S/C17H20N4O3/c1-11-13(9-19-10-20-11)17(23)21-14-5-2-6-15(16(14)22)24-12-4-3-7-18-8-12/h3-4,7-10,14-16,22H,2,5-6H2,1H3,(H,21,23)/t14-,15-,16-/m1/s1. The summed E-state index contributed by atoms with van der Waals surface area (Å²) in [5.74, 6) is 0.333. The van der Waals surface area contributed by atoms with E-state index in [2.05, 4.69) is 20.3 Å². The molecule has 2 aromatic rings. The molecule has 1 amide bonds. The van der Waals surface area contributed by atoms with Gasteiger partial charge in [-0.05, 0) is 38.3 Å². The van der Waals surface area contributed by atoms with Crippen LogP contribution in [0.1, 0.15) is 35.3 Å². The van der Waals surface area contributed by atoms with Crippen LogP contribution in [-0.2, 0) is 0 Å². The van der Waals surface area contributed by atoms with Gasteiger partial charge in [-0.3, -0.25) is 9.78 Å². The molecular formula is C17H20N4O3. The molecule has 1 fully saturated rings. The van der Waals surface area contributed by atoms with E-state index in [1.165, 1.54) is 12.5 Å². The van der Waals surface area contributed by atoms with E-state index in [9.17, 15) is 9.90 Å². The predicted molar refractivity (Wildman–Crippen MR) is 86.5 cm³/mol. The van der Waals surface area contributed by atoms with Crippen LogP contribution in [0.3, 0.4) is 0 Å². The molecule has 0 aromatic carbocycles. The average molecular weight is 328 g/mol. The number of aliphatic hydroxyl groups is 1. The van der Waals surface area contributed by atoms with Crippen LogP contribution in [0.2, 0.25) is 0 Å². The van der Waals surface area contributed by atoms with Crippen LogP contribution in [0, 0.1) is 6.92 Å². The lowest BCUT2D eigenvalue weighted by Gasteiger charge is -2.35. The minimum absolute atomic E-state index is 0.279. The fourth-order valence-corrected chi connectivity index (χ4v) is 2.88. The number of rotatable bonds is 4. The molecule has 2 heterocycles. The van der Waals surface area contributed by atoms with Gasteiger partial charge in [-0.25, -0.2) is 9.97 Å². The lowest BCUT2D eigenvalue weighted by Crippen LogP contribution is -2.52. The highest BCUT2D eigenvalue weighted by molar-refractivity contribution is 5.95. The third-order valence-corrected chi connectivity index (χ3v) is 4.19. The average Bonchev–Trinajstić information content (AvgIpc) is 2.60. The number of amides is 1. The van der Waals surface area contributed by atoms with E-state index in [4.69, 9.17) is 4.74 Å².